The molecule has 0 saturated heterocycles. The van der Waals surface area contributed by atoms with Crippen LogP contribution >= 0.6 is 0 Å². The first kappa shape index (κ1) is 11.3. The fourth-order valence-electron chi connectivity index (χ4n) is 1.44. The molecule has 1 heterocycles. The fraction of sp³-hybridized carbons (Fsp3) is 0.154. The highest BCUT2D eigenvalue weighted by Crippen LogP contribution is 2.11. The van der Waals surface area contributed by atoms with E-state index in [-0.39, 0.29) is 5.97 Å². The van der Waals surface area contributed by atoms with E-state index >= 15 is 0 Å². The van der Waals surface area contributed by atoms with Crippen LogP contribution in [0.5, 0.6) is 0 Å². The van der Waals surface area contributed by atoms with Gasteiger partial charge in [0.1, 0.15) is 0 Å². The normalized spacial score (nSPS) is 10.9. The predicted molar refractivity (Wildman–Crippen MR) is 65.2 cm³/mol. The number of aromatic nitrogens is 2. The van der Waals surface area contributed by atoms with Crippen LogP contribution < -0.4 is 0 Å². The molecule has 0 amide bonds. The summed E-state index contributed by atoms with van der Waals surface area (Å²) in [5.74, 6) is -0.341. The molecule has 0 aliphatic heterocycles. The SMILES string of the molecule is CCOC(=O)C=Cc1ccc2nccnc2c1. The van der Waals surface area contributed by atoms with Crippen LogP contribution in [-0.2, 0) is 9.53 Å². The van der Waals surface area contributed by atoms with Crippen molar-refractivity contribution in [3.63, 3.8) is 0 Å². The minimum atomic E-state index is -0.341. The molecule has 2 aromatic rings. The molecule has 4 heteroatoms. The zero-order valence-electron chi connectivity index (χ0n) is 9.46. The molecule has 0 bridgehead atoms. The number of nitrogens with zero attached hydrogens (tertiary/aromatic N) is 2. The Morgan fingerprint density at radius 1 is 1.29 bits per heavy atom. The summed E-state index contributed by atoms with van der Waals surface area (Å²) in [7, 11) is 0. The minimum absolute atomic E-state index is 0.341. The third-order valence-corrected chi connectivity index (χ3v) is 2.19. The van der Waals surface area contributed by atoms with Gasteiger partial charge in [-0.05, 0) is 30.7 Å². The van der Waals surface area contributed by atoms with Crippen LogP contribution in [-0.4, -0.2) is 22.5 Å². The second-order valence-electron chi connectivity index (χ2n) is 3.39. The molecule has 0 unspecified atom stereocenters. The number of hydrogen-bond acceptors (Lipinski definition) is 4. The molecule has 1 aromatic heterocycles. The second-order valence-corrected chi connectivity index (χ2v) is 3.39. The van der Waals surface area contributed by atoms with Gasteiger partial charge in [-0.15, -0.1) is 0 Å². The smallest absolute Gasteiger partial charge is 0.330 e. The number of carbonyl (C=O) groups excluding carboxylic acids is 1. The Labute approximate surface area is 99.0 Å². The van der Waals surface area contributed by atoms with Gasteiger partial charge in [-0.25, -0.2) is 4.79 Å². The molecule has 0 atom stereocenters. The molecular weight excluding hydrogens is 216 g/mol. The highest BCUT2D eigenvalue weighted by atomic mass is 16.5. The topological polar surface area (TPSA) is 52.1 Å². The Kier molecular flexibility index (Phi) is 3.45. The van der Waals surface area contributed by atoms with Gasteiger partial charge in [-0.3, -0.25) is 9.97 Å². The van der Waals surface area contributed by atoms with Crippen LogP contribution in [0.25, 0.3) is 17.1 Å². The van der Waals surface area contributed by atoms with E-state index < -0.39 is 0 Å². The molecule has 2 rings (SSSR count). The van der Waals surface area contributed by atoms with Gasteiger partial charge in [0.2, 0.25) is 0 Å². The summed E-state index contributed by atoms with van der Waals surface area (Å²) in [5.41, 5.74) is 2.53. The summed E-state index contributed by atoms with van der Waals surface area (Å²) in [5, 5.41) is 0. The standard InChI is InChI=1S/C13H12N2O2/c1-2-17-13(16)6-4-10-3-5-11-12(9-10)15-8-7-14-11/h3-9H,2H2,1H3. The monoisotopic (exact) mass is 228 g/mol. The molecule has 0 spiro atoms. The summed E-state index contributed by atoms with van der Waals surface area (Å²) in [6.45, 7) is 2.16. The van der Waals surface area contributed by atoms with Crippen molar-refractivity contribution in [1.29, 1.82) is 0 Å². The summed E-state index contributed by atoms with van der Waals surface area (Å²) < 4.78 is 4.80. The van der Waals surface area contributed by atoms with E-state index in [9.17, 15) is 4.79 Å². The lowest BCUT2D eigenvalue weighted by Crippen LogP contribution is -1.98. The van der Waals surface area contributed by atoms with E-state index in [4.69, 9.17) is 4.74 Å². The largest absolute Gasteiger partial charge is 0.463 e. The van der Waals surface area contributed by atoms with E-state index in [0.29, 0.717) is 6.61 Å². The summed E-state index contributed by atoms with van der Waals surface area (Å²) in [6, 6.07) is 5.62. The molecule has 1 aromatic carbocycles. The van der Waals surface area contributed by atoms with E-state index in [1.54, 1.807) is 25.4 Å². The third kappa shape index (κ3) is 2.87. The summed E-state index contributed by atoms with van der Waals surface area (Å²) >= 11 is 0. The van der Waals surface area contributed by atoms with Crippen molar-refractivity contribution < 1.29 is 9.53 Å². The maximum atomic E-state index is 11.1. The highest BCUT2D eigenvalue weighted by Gasteiger charge is 1.97. The average molecular weight is 228 g/mol. The maximum Gasteiger partial charge on any atom is 0.330 e. The Morgan fingerprint density at radius 2 is 2.06 bits per heavy atom. The molecule has 0 saturated carbocycles. The number of esters is 1. The van der Waals surface area contributed by atoms with Gasteiger partial charge in [0.25, 0.3) is 0 Å². The van der Waals surface area contributed by atoms with Crippen LogP contribution in [0, 0.1) is 0 Å². The van der Waals surface area contributed by atoms with Gasteiger partial charge in [0.15, 0.2) is 0 Å². The Morgan fingerprint density at radius 3 is 2.82 bits per heavy atom. The molecule has 0 N–H and O–H groups in total. The zero-order valence-corrected chi connectivity index (χ0v) is 9.46. The first-order valence-corrected chi connectivity index (χ1v) is 5.35. The lowest BCUT2D eigenvalue weighted by atomic mass is 10.2. The van der Waals surface area contributed by atoms with E-state index in [1.165, 1.54) is 6.08 Å². The number of ether oxygens (including phenoxy) is 1. The fourth-order valence-corrected chi connectivity index (χ4v) is 1.44. The maximum absolute atomic E-state index is 11.1. The van der Waals surface area contributed by atoms with Crippen molar-refractivity contribution in [2.24, 2.45) is 0 Å². The van der Waals surface area contributed by atoms with Crippen LogP contribution in [0.2, 0.25) is 0 Å². The molecule has 0 aliphatic rings. The van der Waals surface area contributed by atoms with E-state index in [0.717, 1.165) is 16.6 Å². The quantitative estimate of drug-likeness (QED) is 0.597. The van der Waals surface area contributed by atoms with Crippen molar-refractivity contribution in [2.75, 3.05) is 6.61 Å². The molecule has 4 nitrogen and oxygen atoms in total. The molecule has 86 valence electrons. The van der Waals surface area contributed by atoms with E-state index in [2.05, 4.69) is 9.97 Å². The Balaban J connectivity index is 2.22. The summed E-state index contributed by atoms with van der Waals surface area (Å²) in [4.78, 5) is 19.5. The van der Waals surface area contributed by atoms with Gasteiger partial charge in [-0.1, -0.05) is 6.07 Å². The first-order chi connectivity index (χ1) is 8.29. The first-order valence-electron chi connectivity index (χ1n) is 5.35. The van der Waals surface area contributed by atoms with Crippen LogP contribution in [0.1, 0.15) is 12.5 Å². The number of hydrogen-bond donors (Lipinski definition) is 0. The molecular formula is C13H12N2O2. The number of rotatable bonds is 3. The number of benzene rings is 1. The molecule has 17 heavy (non-hydrogen) atoms. The van der Waals surface area contributed by atoms with Crippen molar-refractivity contribution in [2.45, 2.75) is 6.92 Å². The van der Waals surface area contributed by atoms with E-state index in [1.807, 2.05) is 18.2 Å². The zero-order chi connectivity index (χ0) is 12.1. The highest BCUT2D eigenvalue weighted by molar-refractivity contribution is 5.88. The van der Waals surface area contributed by atoms with Gasteiger partial charge >= 0.3 is 5.97 Å². The van der Waals surface area contributed by atoms with Crippen LogP contribution in [0.4, 0.5) is 0 Å². The van der Waals surface area contributed by atoms with Crippen molar-refractivity contribution >= 4 is 23.1 Å². The van der Waals surface area contributed by atoms with Gasteiger partial charge < -0.3 is 4.74 Å². The van der Waals surface area contributed by atoms with Gasteiger partial charge in [0.05, 0.1) is 17.6 Å². The minimum Gasteiger partial charge on any atom is -0.463 e. The number of fused-ring (bicyclic) bond motifs is 1. The second kappa shape index (κ2) is 5.21. The van der Waals surface area contributed by atoms with Crippen molar-refractivity contribution in [1.82, 2.24) is 9.97 Å². The predicted octanol–water partition coefficient (Wildman–Crippen LogP) is 2.21. The van der Waals surface area contributed by atoms with Crippen molar-refractivity contribution in [3.05, 3.63) is 42.2 Å². The van der Waals surface area contributed by atoms with Crippen LogP contribution in [0.3, 0.4) is 0 Å². The van der Waals surface area contributed by atoms with Crippen molar-refractivity contribution in [3.8, 4) is 0 Å². The van der Waals surface area contributed by atoms with Crippen LogP contribution in [0.15, 0.2) is 36.7 Å². The average Bonchev–Trinajstić information content (AvgIpc) is 2.36. The molecule has 0 aliphatic carbocycles. The van der Waals surface area contributed by atoms with Gasteiger partial charge in [0, 0.05) is 18.5 Å². The number of carbonyl (C=O) groups is 1. The lowest BCUT2D eigenvalue weighted by Gasteiger charge is -1.98. The lowest BCUT2D eigenvalue weighted by molar-refractivity contribution is -0.137. The Bertz CT molecular complexity index is 564. The Hall–Kier alpha value is -2.23. The van der Waals surface area contributed by atoms with Gasteiger partial charge in [-0.2, -0.15) is 0 Å². The third-order valence-electron chi connectivity index (χ3n) is 2.19. The molecule has 0 fully saturated rings. The molecule has 0 radical (unpaired) electrons. The summed E-state index contributed by atoms with van der Waals surface area (Å²) in [6.07, 6.45) is 6.39.